The van der Waals surface area contributed by atoms with Crippen LogP contribution in [-0.2, 0) is 10.1 Å². The first-order chi connectivity index (χ1) is 8.14. The molecule has 0 bridgehead atoms. The molecule has 0 saturated carbocycles. The van der Waals surface area contributed by atoms with E-state index in [-0.39, 0.29) is 4.90 Å². The summed E-state index contributed by atoms with van der Waals surface area (Å²) in [5.41, 5.74) is 1.77. The average Bonchev–Trinajstić information content (AvgIpc) is 2.13. The fraction of sp³-hybridized carbons (Fsp3) is 0.538. The molecule has 1 aromatic rings. The molecule has 0 amide bonds. The fourth-order valence-electron chi connectivity index (χ4n) is 2.20. The molecule has 0 heterocycles. The quantitative estimate of drug-likeness (QED) is 0.684. The first-order valence-corrected chi connectivity index (χ1v) is 8.93. The summed E-state index contributed by atoms with van der Waals surface area (Å²) in [5.74, 6) is 0. The molecule has 1 rings (SSSR count). The molecular weight excluding hydrogens is 267 g/mol. The van der Waals surface area contributed by atoms with Crippen LogP contribution in [-0.4, -0.2) is 24.3 Å². The Morgan fingerprint density at radius 3 is 2.00 bits per heavy atom. The van der Waals surface area contributed by atoms with Gasteiger partial charge < -0.3 is 0 Å². The van der Waals surface area contributed by atoms with E-state index in [9.17, 15) is 13.0 Å². The second kappa shape index (κ2) is 5.68. The molecule has 0 radical (unpaired) electrons. The van der Waals surface area contributed by atoms with Crippen LogP contribution in [0.25, 0.3) is 0 Å². The van der Waals surface area contributed by atoms with E-state index in [4.69, 9.17) is 0 Å². The standard InChI is InChI=1S/C13H21O3PS/c1-9(2)17(10(3)4)12-8-11(5)6-7-13(12)18(14,15)16/h6-10H,1-5H3,(H,14,15,16). The highest BCUT2D eigenvalue weighted by Gasteiger charge is 2.26. The van der Waals surface area contributed by atoms with Crippen molar-refractivity contribution in [1.29, 1.82) is 0 Å². The third-order valence-corrected chi connectivity index (χ3v) is 7.00. The Kier molecular flexibility index (Phi) is 4.93. The van der Waals surface area contributed by atoms with Gasteiger partial charge in [-0.3, -0.25) is 4.55 Å². The first-order valence-electron chi connectivity index (χ1n) is 6.01. The molecule has 0 aliphatic rings. The maximum absolute atomic E-state index is 11.5. The molecule has 0 unspecified atom stereocenters. The van der Waals surface area contributed by atoms with Gasteiger partial charge in [-0.2, -0.15) is 8.42 Å². The monoisotopic (exact) mass is 288 g/mol. The normalized spacial score (nSPS) is 12.7. The van der Waals surface area contributed by atoms with Crippen molar-refractivity contribution in [2.75, 3.05) is 0 Å². The van der Waals surface area contributed by atoms with Crippen LogP contribution in [0.5, 0.6) is 0 Å². The van der Waals surface area contributed by atoms with Gasteiger partial charge >= 0.3 is 0 Å². The molecule has 0 spiro atoms. The molecule has 0 aliphatic carbocycles. The number of rotatable bonds is 4. The average molecular weight is 288 g/mol. The Hall–Kier alpha value is -0.440. The van der Waals surface area contributed by atoms with Gasteiger partial charge in [-0.15, -0.1) is 0 Å². The zero-order valence-electron chi connectivity index (χ0n) is 11.5. The molecule has 0 atom stereocenters. The van der Waals surface area contributed by atoms with Gasteiger partial charge in [0.25, 0.3) is 10.1 Å². The molecule has 18 heavy (non-hydrogen) atoms. The summed E-state index contributed by atoms with van der Waals surface area (Å²) in [6.45, 7) is 10.3. The molecule has 1 N–H and O–H groups in total. The van der Waals surface area contributed by atoms with Crippen molar-refractivity contribution in [3.63, 3.8) is 0 Å². The molecule has 1 aromatic carbocycles. The van der Waals surface area contributed by atoms with Crippen molar-refractivity contribution in [3.05, 3.63) is 23.8 Å². The van der Waals surface area contributed by atoms with Crippen molar-refractivity contribution in [2.24, 2.45) is 0 Å². The minimum Gasteiger partial charge on any atom is -0.282 e. The first kappa shape index (κ1) is 15.6. The lowest BCUT2D eigenvalue weighted by atomic mass is 10.2. The second-order valence-corrected chi connectivity index (χ2v) is 9.79. The Balaban J connectivity index is 3.50. The van der Waals surface area contributed by atoms with Gasteiger partial charge in [0, 0.05) is 0 Å². The lowest BCUT2D eigenvalue weighted by Gasteiger charge is -2.27. The van der Waals surface area contributed by atoms with E-state index in [0.29, 0.717) is 11.3 Å². The van der Waals surface area contributed by atoms with Gasteiger partial charge in [0.2, 0.25) is 0 Å². The minimum absolute atomic E-state index is 0.0709. The fourth-order valence-corrected chi connectivity index (χ4v) is 6.41. The van der Waals surface area contributed by atoms with Crippen LogP contribution < -0.4 is 5.30 Å². The Bertz CT molecular complexity index is 513. The van der Waals surface area contributed by atoms with E-state index < -0.39 is 18.0 Å². The smallest absolute Gasteiger partial charge is 0.282 e. The van der Waals surface area contributed by atoms with E-state index >= 15 is 0 Å². The molecule has 5 heteroatoms. The molecule has 0 aliphatic heterocycles. The zero-order valence-corrected chi connectivity index (χ0v) is 13.2. The van der Waals surface area contributed by atoms with E-state index in [1.165, 1.54) is 6.07 Å². The summed E-state index contributed by atoms with van der Waals surface area (Å²) in [4.78, 5) is 0.0709. The van der Waals surface area contributed by atoms with Crippen molar-refractivity contribution < 1.29 is 13.0 Å². The molecular formula is C13H21O3PS. The van der Waals surface area contributed by atoms with Crippen LogP contribution in [0.3, 0.4) is 0 Å². The van der Waals surface area contributed by atoms with Crippen molar-refractivity contribution >= 4 is 23.3 Å². The van der Waals surface area contributed by atoms with Crippen LogP contribution in [0, 0.1) is 6.92 Å². The molecule has 0 fully saturated rings. The topological polar surface area (TPSA) is 54.4 Å². The molecule has 0 aromatic heterocycles. The Morgan fingerprint density at radius 2 is 1.61 bits per heavy atom. The summed E-state index contributed by atoms with van der Waals surface area (Å²) >= 11 is 0. The highest BCUT2D eigenvalue weighted by atomic mass is 32.2. The summed E-state index contributed by atoms with van der Waals surface area (Å²) in [7, 11) is -4.76. The van der Waals surface area contributed by atoms with Crippen LogP contribution in [0.4, 0.5) is 0 Å². The van der Waals surface area contributed by atoms with E-state index in [1.54, 1.807) is 6.07 Å². The largest absolute Gasteiger partial charge is 0.295 e. The summed E-state index contributed by atoms with van der Waals surface area (Å²) in [5, 5.41) is 0.789. The van der Waals surface area contributed by atoms with Crippen molar-refractivity contribution in [2.45, 2.75) is 50.8 Å². The van der Waals surface area contributed by atoms with E-state index in [0.717, 1.165) is 10.9 Å². The third-order valence-electron chi connectivity index (χ3n) is 2.78. The predicted molar refractivity (Wildman–Crippen MR) is 77.8 cm³/mol. The lowest BCUT2D eigenvalue weighted by molar-refractivity contribution is 0.484. The minimum atomic E-state index is -4.15. The van der Waals surface area contributed by atoms with Crippen LogP contribution >= 0.6 is 7.92 Å². The number of aryl methyl sites for hydroxylation is 1. The third kappa shape index (κ3) is 3.53. The maximum atomic E-state index is 11.5. The summed E-state index contributed by atoms with van der Waals surface area (Å²) < 4.78 is 32.3. The molecule has 0 saturated heterocycles. The Labute approximate surface area is 111 Å². The van der Waals surface area contributed by atoms with Crippen molar-refractivity contribution in [3.8, 4) is 0 Å². The number of hydrogen-bond acceptors (Lipinski definition) is 2. The van der Waals surface area contributed by atoms with Gasteiger partial charge in [-0.25, -0.2) is 0 Å². The van der Waals surface area contributed by atoms with Gasteiger partial charge in [-0.1, -0.05) is 53.3 Å². The molecule has 3 nitrogen and oxygen atoms in total. The van der Waals surface area contributed by atoms with Gasteiger partial charge in [0.1, 0.15) is 4.90 Å². The summed E-state index contributed by atoms with van der Waals surface area (Å²) in [6, 6.07) is 5.13. The van der Waals surface area contributed by atoms with Crippen LogP contribution in [0.2, 0.25) is 0 Å². The SMILES string of the molecule is Cc1ccc(S(=O)(=O)O)c(P(C(C)C)C(C)C)c1. The zero-order chi connectivity index (χ0) is 14.1. The number of benzene rings is 1. The van der Waals surface area contributed by atoms with Gasteiger partial charge in [0.05, 0.1) is 0 Å². The van der Waals surface area contributed by atoms with Gasteiger partial charge in [-0.05, 0) is 29.6 Å². The van der Waals surface area contributed by atoms with Gasteiger partial charge in [0.15, 0.2) is 0 Å². The van der Waals surface area contributed by atoms with E-state index in [1.807, 2.05) is 13.0 Å². The second-order valence-electron chi connectivity index (χ2n) is 5.04. The predicted octanol–water partition coefficient (Wildman–Crippen LogP) is 3.17. The lowest BCUT2D eigenvalue weighted by Crippen LogP contribution is -2.21. The van der Waals surface area contributed by atoms with Crippen molar-refractivity contribution in [1.82, 2.24) is 0 Å². The van der Waals surface area contributed by atoms with Crippen LogP contribution in [0.15, 0.2) is 23.1 Å². The Morgan fingerprint density at radius 1 is 1.11 bits per heavy atom. The maximum Gasteiger partial charge on any atom is 0.295 e. The van der Waals surface area contributed by atoms with Crippen LogP contribution in [0.1, 0.15) is 33.3 Å². The van der Waals surface area contributed by atoms with E-state index in [2.05, 4.69) is 27.7 Å². The molecule has 102 valence electrons. The summed E-state index contributed by atoms with van der Waals surface area (Å²) in [6.07, 6.45) is 0. The highest BCUT2D eigenvalue weighted by molar-refractivity contribution is 7.86. The number of hydrogen-bond donors (Lipinski definition) is 1. The highest BCUT2D eigenvalue weighted by Crippen LogP contribution is 2.46.